The fourth-order valence-corrected chi connectivity index (χ4v) is 2.42. The smallest absolute Gasteiger partial charge is 0.263 e. The summed E-state index contributed by atoms with van der Waals surface area (Å²) >= 11 is 0. The molecule has 0 unspecified atom stereocenters. The minimum absolute atomic E-state index is 0.0946. The molecular weight excluding hydrogens is 304 g/mol. The Morgan fingerprint density at radius 1 is 1.17 bits per heavy atom. The summed E-state index contributed by atoms with van der Waals surface area (Å²) in [6.07, 6.45) is 2.92. The highest BCUT2D eigenvalue weighted by Crippen LogP contribution is 2.17. The van der Waals surface area contributed by atoms with Crippen LogP contribution in [0.2, 0.25) is 0 Å². The molecule has 6 heteroatoms. The van der Waals surface area contributed by atoms with Crippen molar-refractivity contribution in [3.63, 3.8) is 0 Å². The van der Waals surface area contributed by atoms with Gasteiger partial charge in [-0.2, -0.15) is 0 Å². The quantitative estimate of drug-likeness (QED) is 0.801. The third-order valence-corrected chi connectivity index (χ3v) is 3.77. The van der Waals surface area contributed by atoms with Gasteiger partial charge in [0.25, 0.3) is 5.56 Å². The molecule has 0 spiro atoms. The fourth-order valence-electron chi connectivity index (χ4n) is 2.42. The van der Waals surface area contributed by atoms with Gasteiger partial charge in [0.1, 0.15) is 12.9 Å². The van der Waals surface area contributed by atoms with Crippen LogP contribution in [0.15, 0.2) is 53.7 Å². The van der Waals surface area contributed by atoms with E-state index in [2.05, 4.69) is 29.1 Å². The third kappa shape index (κ3) is 3.32. The van der Waals surface area contributed by atoms with Gasteiger partial charge in [-0.1, -0.05) is 26.0 Å². The standard InChI is InChI=1S/C18H18N4O2/c1-12(2)13-5-7-14(8-6-13)21-16(23)10-22-11-20-17-15(18(22)24)4-3-9-19-17/h3-9,11-12H,10H2,1-2H3,(H,21,23). The maximum absolute atomic E-state index is 12.3. The van der Waals surface area contributed by atoms with Gasteiger partial charge in [0, 0.05) is 11.9 Å². The Balaban J connectivity index is 1.75. The summed E-state index contributed by atoms with van der Waals surface area (Å²) < 4.78 is 1.28. The van der Waals surface area contributed by atoms with E-state index in [0.29, 0.717) is 22.6 Å². The Bertz CT molecular complexity index is 930. The number of carbonyl (C=O) groups is 1. The van der Waals surface area contributed by atoms with Crippen molar-refractivity contribution in [2.75, 3.05) is 5.32 Å². The van der Waals surface area contributed by atoms with Gasteiger partial charge in [-0.05, 0) is 35.7 Å². The Morgan fingerprint density at radius 3 is 2.62 bits per heavy atom. The number of carbonyl (C=O) groups excluding carboxylic acids is 1. The van der Waals surface area contributed by atoms with Crippen molar-refractivity contribution in [3.8, 4) is 0 Å². The van der Waals surface area contributed by atoms with Gasteiger partial charge in [-0.15, -0.1) is 0 Å². The predicted octanol–water partition coefficient (Wildman–Crippen LogP) is 2.55. The first-order valence-corrected chi connectivity index (χ1v) is 7.74. The molecule has 6 nitrogen and oxygen atoms in total. The van der Waals surface area contributed by atoms with E-state index in [-0.39, 0.29) is 18.0 Å². The topological polar surface area (TPSA) is 76.9 Å². The molecule has 0 radical (unpaired) electrons. The molecule has 0 aliphatic carbocycles. The lowest BCUT2D eigenvalue weighted by Gasteiger charge is -2.09. The average molecular weight is 322 g/mol. The van der Waals surface area contributed by atoms with E-state index in [1.807, 2.05) is 24.3 Å². The minimum atomic E-state index is -0.279. The van der Waals surface area contributed by atoms with Gasteiger partial charge in [0.15, 0.2) is 5.65 Å². The molecule has 0 atom stereocenters. The van der Waals surface area contributed by atoms with Crippen molar-refractivity contribution >= 4 is 22.6 Å². The number of fused-ring (bicyclic) bond motifs is 1. The van der Waals surface area contributed by atoms with Gasteiger partial charge >= 0.3 is 0 Å². The van der Waals surface area contributed by atoms with Crippen molar-refractivity contribution in [3.05, 3.63) is 64.8 Å². The monoisotopic (exact) mass is 322 g/mol. The fraction of sp³-hybridized carbons (Fsp3) is 0.222. The first kappa shape index (κ1) is 15.9. The van der Waals surface area contributed by atoms with Crippen LogP contribution < -0.4 is 10.9 Å². The van der Waals surface area contributed by atoms with Crippen LogP contribution in [0.1, 0.15) is 25.3 Å². The lowest BCUT2D eigenvalue weighted by atomic mass is 10.0. The summed E-state index contributed by atoms with van der Waals surface area (Å²) in [5.41, 5.74) is 2.00. The van der Waals surface area contributed by atoms with Crippen LogP contribution in [-0.4, -0.2) is 20.4 Å². The first-order chi connectivity index (χ1) is 11.5. The number of pyridine rings is 1. The second kappa shape index (κ2) is 6.62. The van der Waals surface area contributed by atoms with Gasteiger partial charge in [-0.3, -0.25) is 14.2 Å². The minimum Gasteiger partial charge on any atom is -0.325 e. The first-order valence-electron chi connectivity index (χ1n) is 7.74. The van der Waals surface area contributed by atoms with Crippen LogP contribution in [0.5, 0.6) is 0 Å². The van der Waals surface area contributed by atoms with E-state index < -0.39 is 0 Å². The van der Waals surface area contributed by atoms with Crippen LogP contribution in [0.3, 0.4) is 0 Å². The zero-order chi connectivity index (χ0) is 17.1. The molecule has 122 valence electrons. The molecule has 2 heterocycles. The summed E-state index contributed by atoms with van der Waals surface area (Å²) in [6.45, 7) is 4.13. The second-order valence-corrected chi connectivity index (χ2v) is 5.88. The van der Waals surface area contributed by atoms with Gasteiger partial charge in [-0.25, -0.2) is 9.97 Å². The summed E-state index contributed by atoms with van der Waals surface area (Å²) in [7, 11) is 0. The lowest BCUT2D eigenvalue weighted by Crippen LogP contribution is -2.28. The van der Waals surface area contributed by atoms with E-state index in [9.17, 15) is 9.59 Å². The van der Waals surface area contributed by atoms with Crippen molar-refractivity contribution in [1.29, 1.82) is 0 Å². The largest absolute Gasteiger partial charge is 0.325 e. The number of hydrogen-bond acceptors (Lipinski definition) is 4. The SMILES string of the molecule is CC(C)c1ccc(NC(=O)Cn2cnc3ncccc3c2=O)cc1. The Labute approximate surface area is 139 Å². The van der Waals surface area contributed by atoms with Crippen molar-refractivity contribution in [1.82, 2.24) is 14.5 Å². The number of rotatable bonds is 4. The molecule has 0 saturated carbocycles. The van der Waals surface area contributed by atoms with Gasteiger partial charge in [0.2, 0.25) is 5.91 Å². The molecular formula is C18H18N4O2. The Hall–Kier alpha value is -3.02. The van der Waals surface area contributed by atoms with E-state index in [0.717, 1.165) is 0 Å². The van der Waals surface area contributed by atoms with Crippen molar-refractivity contribution in [2.24, 2.45) is 0 Å². The van der Waals surface area contributed by atoms with E-state index in [1.165, 1.54) is 16.5 Å². The highest BCUT2D eigenvalue weighted by atomic mass is 16.2. The summed E-state index contributed by atoms with van der Waals surface area (Å²) in [5, 5.41) is 3.19. The number of nitrogens with one attached hydrogen (secondary N) is 1. The Morgan fingerprint density at radius 2 is 1.92 bits per heavy atom. The zero-order valence-corrected chi connectivity index (χ0v) is 13.6. The molecule has 3 aromatic rings. The zero-order valence-electron chi connectivity index (χ0n) is 13.6. The summed E-state index contributed by atoms with van der Waals surface area (Å²) in [4.78, 5) is 32.6. The molecule has 0 aliphatic heterocycles. The summed E-state index contributed by atoms with van der Waals surface area (Å²) in [6, 6.07) is 11.0. The number of aromatic nitrogens is 3. The molecule has 0 saturated heterocycles. The predicted molar refractivity (Wildman–Crippen MR) is 93.0 cm³/mol. The molecule has 24 heavy (non-hydrogen) atoms. The van der Waals surface area contributed by atoms with Gasteiger partial charge < -0.3 is 5.32 Å². The number of nitrogens with zero attached hydrogens (tertiary/aromatic N) is 3. The number of benzene rings is 1. The highest BCUT2D eigenvalue weighted by Gasteiger charge is 2.09. The van der Waals surface area contributed by atoms with Crippen LogP contribution in [-0.2, 0) is 11.3 Å². The average Bonchev–Trinajstić information content (AvgIpc) is 2.58. The van der Waals surface area contributed by atoms with E-state index in [1.54, 1.807) is 18.3 Å². The summed E-state index contributed by atoms with van der Waals surface area (Å²) in [5.74, 6) is 0.157. The molecule has 1 N–H and O–H groups in total. The van der Waals surface area contributed by atoms with Crippen molar-refractivity contribution < 1.29 is 4.79 Å². The van der Waals surface area contributed by atoms with Crippen LogP contribution in [0.4, 0.5) is 5.69 Å². The lowest BCUT2D eigenvalue weighted by molar-refractivity contribution is -0.116. The van der Waals surface area contributed by atoms with Crippen molar-refractivity contribution in [2.45, 2.75) is 26.3 Å². The number of anilines is 1. The normalized spacial score (nSPS) is 11.0. The van der Waals surface area contributed by atoms with Gasteiger partial charge in [0.05, 0.1) is 5.39 Å². The molecule has 2 aromatic heterocycles. The number of amides is 1. The molecule has 1 amide bonds. The van der Waals surface area contributed by atoms with E-state index >= 15 is 0 Å². The molecule has 1 aromatic carbocycles. The molecule has 0 bridgehead atoms. The number of hydrogen-bond donors (Lipinski definition) is 1. The molecule has 3 rings (SSSR count). The van der Waals surface area contributed by atoms with E-state index in [4.69, 9.17) is 0 Å². The maximum atomic E-state index is 12.3. The van der Waals surface area contributed by atoms with Crippen LogP contribution in [0.25, 0.3) is 11.0 Å². The Kier molecular flexibility index (Phi) is 4.37. The van der Waals surface area contributed by atoms with Crippen LogP contribution in [0, 0.1) is 0 Å². The second-order valence-electron chi connectivity index (χ2n) is 5.88. The van der Waals surface area contributed by atoms with Crippen LogP contribution >= 0.6 is 0 Å². The highest BCUT2D eigenvalue weighted by molar-refractivity contribution is 5.90. The maximum Gasteiger partial charge on any atom is 0.263 e. The molecule has 0 aliphatic rings. The molecule has 0 fully saturated rings. The third-order valence-electron chi connectivity index (χ3n) is 3.77.